The first-order valence-corrected chi connectivity index (χ1v) is 10.6. The molecule has 0 radical (unpaired) electrons. The van der Waals surface area contributed by atoms with Crippen molar-refractivity contribution in [2.45, 2.75) is 19.4 Å². The molecule has 2 saturated heterocycles. The maximum atomic E-state index is 14.2. The van der Waals surface area contributed by atoms with E-state index in [4.69, 9.17) is 16.1 Å². The van der Waals surface area contributed by atoms with Gasteiger partial charge in [0.25, 0.3) is 5.91 Å². The molecule has 2 aliphatic heterocycles. The average molecular weight is 441 g/mol. The Labute approximate surface area is 184 Å². The van der Waals surface area contributed by atoms with Crippen LogP contribution in [0.3, 0.4) is 0 Å². The topological polar surface area (TPSA) is 62.5 Å². The van der Waals surface area contributed by atoms with Gasteiger partial charge in [0, 0.05) is 43.2 Å². The molecule has 3 aromatic rings. The average Bonchev–Trinajstić information content (AvgIpc) is 3.32. The van der Waals surface area contributed by atoms with Gasteiger partial charge in [-0.15, -0.1) is 0 Å². The highest BCUT2D eigenvalue weighted by Crippen LogP contribution is 2.49. The van der Waals surface area contributed by atoms with E-state index in [1.54, 1.807) is 11.8 Å². The fourth-order valence-electron chi connectivity index (χ4n) is 4.84. The lowest BCUT2D eigenvalue weighted by molar-refractivity contribution is -0.00156. The molecule has 1 aromatic heterocycles. The first-order valence-electron chi connectivity index (χ1n) is 10.2. The molecular weight excluding hydrogens is 419 g/mol. The number of amides is 1. The van der Waals surface area contributed by atoms with Crippen LogP contribution >= 0.6 is 11.6 Å². The summed E-state index contributed by atoms with van der Waals surface area (Å²) in [5.41, 5.74) is 1.04. The maximum Gasteiger partial charge on any atom is 0.256 e. The minimum Gasteiger partial charge on any atom is -0.339 e. The lowest BCUT2D eigenvalue weighted by Crippen LogP contribution is -2.61. The summed E-state index contributed by atoms with van der Waals surface area (Å²) >= 11 is 5.98. The van der Waals surface area contributed by atoms with E-state index in [1.165, 1.54) is 23.8 Å². The van der Waals surface area contributed by atoms with Crippen molar-refractivity contribution < 1.29 is 13.7 Å². The Morgan fingerprint density at radius 2 is 2.00 bits per heavy atom. The molecule has 5 rings (SSSR count). The first-order chi connectivity index (χ1) is 14.9. The van der Waals surface area contributed by atoms with Crippen molar-refractivity contribution in [3.8, 4) is 0 Å². The van der Waals surface area contributed by atoms with Crippen LogP contribution in [0.25, 0.3) is 0 Å². The number of halogens is 2. The van der Waals surface area contributed by atoms with Gasteiger partial charge < -0.3 is 9.42 Å². The SMILES string of the molecule is Cc1noc(C2CN(Cc3ccccc3)CC23CN(C(=O)c2cc(Cl)ccc2F)C3)n1. The molecule has 1 amide bonds. The van der Waals surface area contributed by atoms with E-state index in [0.29, 0.717) is 29.8 Å². The number of carbonyl (C=O) groups is 1. The van der Waals surface area contributed by atoms with Crippen LogP contribution in [0.4, 0.5) is 4.39 Å². The summed E-state index contributed by atoms with van der Waals surface area (Å²) in [5, 5.41) is 4.31. The van der Waals surface area contributed by atoms with Gasteiger partial charge in [-0.3, -0.25) is 9.69 Å². The molecule has 160 valence electrons. The largest absolute Gasteiger partial charge is 0.339 e. The van der Waals surface area contributed by atoms with Crippen molar-refractivity contribution in [3.05, 3.63) is 82.2 Å². The summed E-state index contributed by atoms with van der Waals surface area (Å²) in [7, 11) is 0. The highest BCUT2D eigenvalue weighted by atomic mass is 35.5. The number of nitrogens with zero attached hydrogens (tertiary/aromatic N) is 4. The minimum absolute atomic E-state index is 0.00618. The van der Waals surface area contributed by atoms with Crippen molar-refractivity contribution in [2.75, 3.05) is 26.2 Å². The zero-order chi connectivity index (χ0) is 21.6. The molecule has 3 heterocycles. The first kappa shape index (κ1) is 20.2. The van der Waals surface area contributed by atoms with Crippen molar-refractivity contribution in [1.29, 1.82) is 0 Å². The molecule has 0 bridgehead atoms. The molecule has 0 aliphatic carbocycles. The molecule has 8 heteroatoms. The van der Waals surface area contributed by atoms with Gasteiger partial charge in [0.15, 0.2) is 5.82 Å². The van der Waals surface area contributed by atoms with Crippen LogP contribution in [0.2, 0.25) is 5.02 Å². The summed E-state index contributed by atoms with van der Waals surface area (Å²) in [6, 6.07) is 14.3. The van der Waals surface area contributed by atoms with E-state index < -0.39 is 5.82 Å². The van der Waals surface area contributed by atoms with Gasteiger partial charge in [-0.2, -0.15) is 4.98 Å². The van der Waals surface area contributed by atoms with Crippen LogP contribution < -0.4 is 0 Å². The van der Waals surface area contributed by atoms with Gasteiger partial charge in [-0.25, -0.2) is 4.39 Å². The van der Waals surface area contributed by atoms with Crippen LogP contribution in [0.15, 0.2) is 53.1 Å². The number of carbonyl (C=O) groups excluding carboxylic acids is 1. The lowest BCUT2D eigenvalue weighted by atomic mass is 9.71. The number of likely N-dealkylation sites (tertiary alicyclic amines) is 2. The van der Waals surface area contributed by atoms with Gasteiger partial charge >= 0.3 is 0 Å². The minimum atomic E-state index is -0.559. The third-order valence-corrected chi connectivity index (χ3v) is 6.50. The van der Waals surface area contributed by atoms with E-state index in [1.807, 2.05) is 18.2 Å². The smallest absolute Gasteiger partial charge is 0.256 e. The molecule has 6 nitrogen and oxygen atoms in total. The monoisotopic (exact) mass is 440 g/mol. The Morgan fingerprint density at radius 3 is 2.71 bits per heavy atom. The highest BCUT2D eigenvalue weighted by Gasteiger charge is 2.57. The quantitative estimate of drug-likeness (QED) is 0.615. The van der Waals surface area contributed by atoms with Gasteiger partial charge in [-0.05, 0) is 30.7 Å². The predicted molar refractivity (Wildman–Crippen MR) is 113 cm³/mol. The summed E-state index contributed by atoms with van der Waals surface area (Å²) < 4.78 is 19.7. The Bertz CT molecular complexity index is 1110. The molecule has 2 fully saturated rings. The van der Waals surface area contributed by atoms with Crippen LogP contribution in [0, 0.1) is 18.2 Å². The number of hydrogen-bond acceptors (Lipinski definition) is 5. The van der Waals surface area contributed by atoms with Crippen molar-refractivity contribution >= 4 is 17.5 Å². The van der Waals surface area contributed by atoms with E-state index in [-0.39, 0.29) is 22.8 Å². The number of aryl methyl sites for hydroxylation is 1. The van der Waals surface area contributed by atoms with Crippen LogP contribution in [0.1, 0.15) is 33.6 Å². The fraction of sp³-hybridized carbons (Fsp3) is 0.348. The Kier molecular flexibility index (Phi) is 5.02. The molecule has 0 saturated carbocycles. The number of hydrogen-bond donors (Lipinski definition) is 0. The van der Waals surface area contributed by atoms with E-state index in [0.717, 1.165) is 19.6 Å². The van der Waals surface area contributed by atoms with E-state index >= 15 is 0 Å². The molecule has 2 aliphatic rings. The number of rotatable bonds is 4. The second kappa shape index (κ2) is 7.73. The maximum absolute atomic E-state index is 14.2. The molecule has 1 atom stereocenters. The van der Waals surface area contributed by atoms with Gasteiger partial charge in [0.05, 0.1) is 11.5 Å². The van der Waals surface area contributed by atoms with Crippen LogP contribution in [-0.4, -0.2) is 52.0 Å². The fourth-order valence-corrected chi connectivity index (χ4v) is 5.01. The van der Waals surface area contributed by atoms with Crippen LogP contribution in [0.5, 0.6) is 0 Å². The second-order valence-corrected chi connectivity index (χ2v) is 8.97. The van der Waals surface area contributed by atoms with Gasteiger partial charge in [0.1, 0.15) is 5.82 Å². The Balaban J connectivity index is 1.37. The normalized spacial score (nSPS) is 20.2. The summed E-state index contributed by atoms with van der Waals surface area (Å²) in [6.45, 7) is 5.20. The molecule has 31 heavy (non-hydrogen) atoms. The number of benzene rings is 2. The molecular formula is C23H22ClFN4O2. The Hall–Kier alpha value is -2.77. The third-order valence-electron chi connectivity index (χ3n) is 6.27. The van der Waals surface area contributed by atoms with Gasteiger partial charge in [-0.1, -0.05) is 47.1 Å². The second-order valence-electron chi connectivity index (χ2n) is 8.54. The number of aromatic nitrogens is 2. The van der Waals surface area contributed by atoms with Crippen molar-refractivity contribution in [3.63, 3.8) is 0 Å². The summed E-state index contributed by atoms with van der Waals surface area (Å²) in [5.74, 6) is 0.323. The van der Waals surface area contributed by atoms with E-state index in [2.05, 4.69) is 27.2 Å². The molecule has 1 spiro atoms. The lowest BCUT2D eigenvalue weighted by Gasteiger charge is -2.50. The summed E-state index contributed by atoms with van der Waals surface area (Å²) in [6.07, 6.45) is 0. The highest BCUT2D eigenvalue weighted by molar-refractivity contribution is 6.31. The van der Waals surface area contributed by atoms with Crippen molar-refractivity contribution in [2.24, 2.45) is 5.41 Å². The summed E-state index contributed by atoms with van der Waals surface area (Å²) in [4.78, 5) is 21.4. The predicted octanol–water partition coefficient (Wildman–Crippen LogP) is 3.91. The van der Waals surface area contributed by atoms with Gasteiger partial charge in [0.2, 0.25) is 5.89 Å². The standard InChI is InChI=1S/C23H22ClFN4O2/c1-15-26-21(31-27-15)19-11-28(10-16-5-3-2-4-6-16)12-23(19)13-29(14-23)22(30)18-9-17(24)7-8-20(18)25/h2-9,19H,10-14H2,1H3. The molecule has 1 unspecified atom stereocenters. The molecule has 0 N–H and O–H groups in total. The zero-order valence-corrected chi connectivity index (χ0v) is 17.8. The van der Waals surface area contributed by atoms with Crippen LogP contribution in [-0.2, 0) is 6.54 Å². The van der Waals surface area contributed by atoms with E-state index in [9.17, 15) is 9.18 Å². The molecule has 2 aromatic carbocycles. The third kappa shape index (κ3) is 3.72. The van der Waals surface area contributed by atoms with Crippen molar-refractivity contribution in [1.82, 2.24) is 19.9 Å². The Morgan fingerprint density at radius 1 is 1.23 bits per heavy atom. The zero-order valence-electron chi connectivity index (χ0n) is 17.1.